The topological polar surface area (TPSA) is 129 Å². The van der Waals surface area contributed by atoms with Gasteiger partial charge in [-0.15, -0.1) is 0 Å². The van der Waals surface area contributed by atoms with Gasteiger partial charge in [0.25, 0.3) is 0 Å². The standard InChI is InChI=1S/C23H34N2O8/c1-23(2,3)33-22(29)25-18(20(27)31-5)14-10-9-13-17(19(26)30-4)24-21(28)32-15-16-11-7-6-8-12-16/h6-8,11-12,17-18H,9-10,13-15H2,1-5H3,(H,24,28)(H,25,29)/t17-,18-/m0/s1. The average Bonchev–Trinajstić information content (AvgIpc) is 2.77. The lowest BCUT2D eigenvalue weighted by Crippen LogP contribution is -2.44. The summed E-state index contributed by atoms with van der Waals surface area (Å²) in [7, 11) is 2.45. The van der Waals surface area contributed by atoms with Crippen LogP contribution in [0.5, 0.6) is 0 Å². The third-order valence-electron chi connectivity index (χ3n) is 4.40. The van der Waals surface area contributed by atoms with E-state index in [1.165, 1.54) is 14.2 Å². The highest BCUT2D eigenvalue weighted by molar-refractivity contribution is 5.82. The Morgan fingerprint density at radius 1 is 0.818 bits per heavy atom. The molecule has 10 nitrogen and oxygen atoms in total. The fourth-order valence-electron chi connectivity index (χ4n) is 2.84. The Morgan fingerprint density at radius 3 is 1.76 bits per heavy atom. The largest absolute Gasteiger partial charge is 0.467 e. The maximum absolute atomic E-state index is 12.1. The first-order valence-electron chi connectivity index (χ1n) is 10.7. The number of methoxy groups -OCH3 is 2. The highest BCUT2D eigenvalue weighted by atomic mass is 16.6. The van der Waals surface area contributed by atoms with Gasteiger partial charge in [0, 0.05) is 0 Å². The summed E-state index contributed by atoms with van der Waals surface area (Å²) in [5.74, 6) is -1.21. The molecule has 1 aromatic carbocycles. The molecule has 0 unspecified atom stereocenters. The summed E-state index contributed by atoms with van der Waals surface area (Å²) < 4.78 is 19.8. The van der Waals surface area contributed by atoms with Crippen molar-refractivity contribution in [2.45, 2.75) is 70.7 Å². The molecule has 33 heavy (non-hydrogen) atoms. The first-order chi connectivity index (χ1) is 15.6. The molecule has 0 spiro atoms. The van der Waals surface area contributed by atoms with E-state index >= 15 is 0 Å². The van der Waals surface area contributed by atoms with E-state index in [4.69, 9.17) is 18.9 Å². The van der Waals surface area contributed by atoms with E-state index in [0.717, 1.165) is 5.56 Å². The predicted molar refractivity (Wildman–Crippen MR) is 119 cm³/mol. The number of hydrogen-bond donors (Lipinski definition) is 2. The maximum Gasteiger partial charge on any atom is 0.408 e. The Balaban J connectivity index is 2.53. The lowest BCUT2D eigenvalue weighted by molar-refractivity contribution is -0.144. The van der Waals surface area contributed by atoms with Gasteiger partial charge in [-0.2, -0.15) is 0 Å². The zero-order valence-corrected chi connectivity index (χ0v) is 19.8. The zero-order valence-electron chi connectivity index (χ0n) is 19.8. The van der Waals surface area contributed by atoms with Crippen LogP contribution in [-0.2, 0) is 35.1 Å². The number of ether oxygens (including phenoxy) is 4. The lowest BCUT2D eigenvalue weighted by Gasteiger charge is -2.22. The van der Waals surface area contributed by atoms with Crippen molar-refractivity contribution in [2.75, 3.05) is 14.2 Å². The van der Waals surface area contributed by atoms with Gasteiger partial charge >= 0.3 is 24.1 Å². The number of carbonyl (C=O) groups excluding carboxylic acids is 4. The molecule has 0 radical (unpaired) electrons. The van der Waals surface area contributed by atoms with Crippen LogP contribution in [0.1, 0.15) is 52.0 Å². The molecule has 1 aromatic rings. The number of esters is 2. The van der Waals surface area contributed by atoms with Gasteiger partial charge in [0.2, 0.25) is 0 Å². The molecule has 0 aliphatic carbocycles. The van der Waals surface area contributed by atoms with Gasteiger partial charge in [-0.3, -0.25) is 0 Å². The van der Waals surface area contributed by atoms with Crippen LogP contribution < -0.4 is 10.6 Å². The summed E-state index contributed by atoms with van der Waals surface area (Å²) in [5, 5.41) is 4.99. The molecule has 184 valence electrons. The predicted octanol–water partition coefficient (Wildman–Crippen LogP) is 3.08. The van der Waals surface area contributed by atoms with Crippen LogP contribution in [0.15, 0.2) is 30.3 Å². The summed E-state index contributed by atoms with van der Waals surface area (Å²) in [5.41, 5.74) is 0.104. The van der Waals surface area contributed by atoms with Crippen LogP contribution in [0.4, 0.5) is 9.59 Å². The van der Waals surface area contributed by atoms with E-state index in [2.05, 4.69) is 10.6 Å². The van der Waals surface area contributed by atoms with Crippen LogP contribution in [0.25, 0.3) is 0 Å². The van der Waals surface area contributed by atoms with Crippen LogP contribution in [0, 0.1) is 0 Å². The van der Waals surface area contributed by atoms with Gasteiger partial charge in [0.1, 0.15) is 24.3 Å². The number of rotatable bonds is 11. The summed E-state index contributed by atoms with van der Waals surface area (Å²) in [6, 6.07) is 7.33. The number of unbranched alkanes of at least 4 members (excludes halogenated alkanes) is 1. The fourth-order valence-corrected chi connectivity index (χ4v) is 2.84. The number of hydrogen-bond acceptors (Lipinski definition) is 8. The molecule has 2 N–H and O–H groups in total. The van der Waals surface area contributed by atoms with Crippen molar-refractivity contribution in [1.82, 2.24) is 10.6 Å². The molecular weight excluding hydrogens is 432 g/mol. The molecule has 0 heterocycles. The van der Waals surface area contributed by atoms with E-state index < -0.39 is 41.8 Å². The second-order valence-electron chi connectivity index (χ2n) is 8.29. The molecule has 0 aromatic heterocycles. The van der Waals surface area contributed by atoms with Crippen molar-refractivity contribution in [3.05, 3.63) is 35.9 Å². The minimum atomic E-state index is -0.909. The summed E-state index contributed by atoms with van der Waals surface area (Å²) in [4.78, 5) is 48.1. The van der Waals surface area contributed by atoms with Gasteiger partial charge in [-0.05, 0) is 39.2 Å². The first-order valence-corrected chi connectivity index (χ1v) is 10.7. The number of benzene rings is 1. The van der Waals surface area contributed by atoms with Crippen molar-refractivity contribution in [1.29, 1.82) is 0 Å². The number of amides is 2. The van der Waals surface area contributed by atoms with E-state index in [9.17, 15) is 19.2 Å². The smallest absolute Gasteiger partial charge is 0.408 e. The Hall–Kier alpha value is -3.30. The highest BCUT2D eigenvalue weighted by Gasteiger charge is 2.26. The van der Waals surface area contributed by atoms with Crippen molar-refractivity contribution in [3.8, 4) is 0 Å². The van der Waals surface area contributed by atoms with Gasteiger partial charge in [-0.1, -0.05) is 43.2 Å². The maximum atomic E-state index is 12.1. The Kier molecular flexibility index (Phi) is 11.7. The van der Waals surface area contributed by atoms with Gasteiger partial charge < -0.3 is 29.6 Å². The second kappa shape index (κ2) is 14.0. The highest BCUT2D eigenvalue weighted by Crippen LogP contribution is 2.11. The normalized spacial score (nSPS) is 12.6. The Bertz CT molecular complexity index is 776. The van der Waals surface area contributed by atoms with Crippen LogP contribution >= 0.6 is 0 Å². The Morgan fingerprint density at radius 2 is 1.30 bits per heavy atom. The van der Waals surface area contributed by atoms with Crippen LogP contribution in [0.2, 0.25) is 0 Å². The summed E-state index contributed by atoms with van der Waals surface area (Å²) >= 11 is 0. The lowest BCUT2D eigenvalue weighted by atomic mass is 10.0. The fraction of sp³-hybridized carbons (Fsp3) is 0.565. The minimum absolute atomic E-state index is 0.0672. The molecule has 1 rings (SSSR count). The van der Waals surface area contributed by atoms with E-state index in [1.54, 1.807) is 20.8 Å². The van der Waals surface area contributed by atoms with Gasteiger partial charge in [0.15, 0.2) is 0 Å². The number of nitrogens with one attached hydrogen (secondary N) is 2. The molecule has 0 aliphatic heterocycles. The molecule has 2 atom stereocenters. The van der Waals surface area contributed by atoms with E-state index in [1.807, 2.05) is 30.3 Å². The van der Waals surface area contributed by atoms with E-state index in [-0.39, 0.29) is 19.4 Å². The molecule has 10 heteroatoms. The number of carbonyl (C=O) groups is 4. The third-order valence-corrected chi connectivity index (χ3v) is 4.40. The van der Waals surface area contributed by atoms with Gasteiger partial charge in [0.05, 0.1) is 14.2 Å². The van der Waals surface area contributed by atoms with Crippen LogP contribution in [-0.4, -0.2) is 56.0 Å². The number of alkyl carbamates (subject to hydrolysis) is 2. The molecule has 2 amide bonds. The van der Waals surface area contributed by atoms with Crippen molar-refractivity contribution in [2.24, 2.45) is 0 Å². The first kappa shape index (κ1) is 27.7. The summed E-state index contributed by atoms with van der Waals surface area (Å²) in [6.45, 7) is 5.21. The SMILES string of the molecule is COC(=O)[C@H](CCCC[C@H](NC(=O)OC(C)(C)C)C(=O)OC)NC(=O)OCc1ccccc1. The van der Waals surface area contributed by atoms with Crippen molar-refractivity contribution in [3.63, 3.8) is 0 Å². The van der Waals surface area contributed by atoms with Crippen molar-refractivity contribution >= 4 is 24.1 Å². The van der Waals surface area contributed by atoms with Crippen LogP contribution in [0.3, 0.4) is 0 Å². The second-order valence-corrected chi connectivity index (χ2v) is 8.29. The molecule has 0 fully saturated rings. The molecule has 0 aliphatic rings. The molecule has 0 saturated heterocycles. The van der Waals surface area contributed by atoms with Gasteiger partial charge in [-0.25, -0.2) is 19.2 Å². The minimum Gasteiger partial charge on any atom is -0.467 e. The quantitative estimate of drug-likeness (QED) is 0.289. The molecule has 0 saturated carbocycles. The van der Waals surface area contributed by atoms with Crippen molar-refractivity contribution < 1.29 is 38.1 Å². The molecule has 0 bridgehead atoms. The zero-order chi connectivity index (χ0) is 24.9. The third kappa shape index (κ3) is 11.8. The molecular formula is C23H34N2O8. The summed E-state index contributed by atoms with van der Waals surface area (Å²) in [6.07, 6.45) is -0.0287. The monoisotopic (exact) mass is 466 g/mol. The van der Waals surface area contributed by atoms with E-state index in [0.29, 0.717) is 12.8 Å². The average molecular weight is 467 g/mol. The Labute approximate surface area is 194 Å².